The lowest BCUT2D eigenvalue weighted by molar-refractivity contribution is 0.338. The number of fused-ring (bicyclic) bond motifs is 1. The first kappa shape index (κ1) is 6.22. The Morgan fingerprint density at radius 2 is 2.18 bits per heavy atom. The summed E-state index contributed by atoms with van der Waals surface area (Å²) >= 11 is 0. The van der Waals surface area contributed by atoms with Crippen molar-refractivity contribution in [1.82, 2.24) is 0 Å². The molecule has 0 bridgehead atoms. The molecule has 56 valence electrons. The van der Waals surface area contributed by atoms with Crippen molar-refractivity contribution >= 4 is 10.8 Å². The van der Waals surface area contributed by atoms with E-state index in [1.165, 1.54) is 18.4 Å². The lowest BCUT2D eigenvalue weighted by atomic mass is 10.2. The van der Waals surface area contributed by atoms with Gasteiger partial charge in [0.1, 0.15) is 12.1 Å². The zero-order valence-corrected chi connectivity index (χ0v) is 5.54. The van der Waals surface area contributed by atoms with Crippen LogP contribution in [0.3, 0.4) is 0 Å². The highest BCUT2D eigenvalue weighted by Gasteiger charge is 2.03. The van der Waals surface area contributed by atoms with Crippen molar-refractivity contribution in [3.8, 4) is 5.95 Å². The second kappa shape index (κ2) is 1.99. The van der Waals surface area contributed by atoms with E-state index in [9.17, 15) is 4.39 Å². The highest BCUT2D eigenvalue weighted by molar-refractivity contribution is 5.85. The fourth-order valence-electron chi connectivity index (χ4n) is 0.999. The van der Waals surface area contributed by atoms with Crippen LogP contribution in [0.5, 0.6) is 5.95 Å². The Morgan fingerprint density at radius 1 is 1.36 bits per heavy atom. The second-order valence-electron chi connectivity index (χ2n) is 2.27. The van der Waals surface area contributed by atoms with Crippen molar-refractivity contribution in [2.24, 2.45) is 0 Å². The van der Waals surface area contributed by atoms with Gasteiger partial charge in [0.2, 0.25) is 0 Å². The first-order valence-electron chi connectivity index (χ1n) is 3.13. The minimum atomic E-state index is -0.380. The third kappa shape index (κ3) is 0.852. The third-order valence-corrected chi connectivity index (χ3v) is 1.54. The van der Waals surface area contributed by atoms with Gasteiger partial charge in [-0.05, 0) is 18.2 Å². The maximum atomic E-state index is 12.5. The van der Waals surface area contributed by atoms with Crippen LogP contribution in [-0.4, -0.2) is 5.11 Å². The Morgan fingerprint density at radius 3 is 3.00 bits per heavy atom. The van der Waals surface area contributed by atoms with Gasteiger partial charge in [0, 0.05) is 5.39 Å². The number of halogens is 1. The van der Waals surface area contributed by atoms with Gasteiger partial charge in [-0.15, -0.1) is 0 Å². The molecule has 0 fully saturated rings. The van der Waals surface area contributed by atoms with Gasteiger partial charge >= 0.3 is 0 Å². The highest BCUT2D eigenvalue weighted by atomic mass is 19.1. The molecule has 2 nitrogen and oxygen atoms in total. The molecule has 0 aliphatic rings. The molecule has 0 radical (unpaired) electrons. The van der Waals surface area contributed by atoms with E-state index in [0.29, 0.717) is 10.8 Å². The van der Waals surface area contributed by atoms with Gasteiger partial charge in [-0.3, -0.25) is 0 Å². The number of aromatic hydroxyl groups is 1. The van der Waals surface area contributed by atoms with Gasteiger partial charge in [0.05, 0.1) is 5.39 Å². The van der Waals surface area contributed by atoms with Crippen LogP contribution in [0.4, 0.5) is 4.39 Å². The van der Waals surface area contributed by atoms with Crippen LogP contribution in [0.2, 0.25) is 0 Å². The summed E-state index contributed by atoms with van der Waals surface area (Å²) in [6.07, 6.45) is 1.38. The van der Waals surface area contributed by atoms with Crippen LogP contribution in [-0.2, 0) is 0 Å². The SMILES string of the molecule is Oc1occ2ccc(F)cc12. The fourth-order valence-corrected chi connectivity index (χ4v) is 0.999. The molecule has 3 heteroatoms. The monoisotopic (exact) mass is 152 g/mol. The summed E-state index contributed by atoms with van der Waals surface area (Å²) in [5, 5.41) is 10.1. The van der Waals surface area contributed by atoms with Gasteiger partial charge in [-0.25, -0.2) is 4.39 Å². The smallest absolute Gasteiger partial charge is 0.290 e. The maximum absolute atomic E-state index is 12.5. The van der Waals surface area contributed by atoms with Crippen LogP contribution < -0.4 is 0 Å². The highest BCUT2D eigenvalue weighted by Crippen LogP contribution is 2.26. The topological polar surface area (TPSA) is 33.4 Å². The average Bonchev–Trinajstić information content (AvgIpc) is 2.33. The molecule has 0 atom stereocenters. The normalized spacial score (nSPS) is 10.6. The number of benzene rings is 1. The summed E-state index contributed by atoms with van der Waals surface area (Å²) in [4.78, 5) is 0. The first-order valence-corrected chi connectivity index (χ1v) is 3.13. The summed E-state index contributed by atoms with van der Waals surface area (Å²) < 4.78 is 17.2. The van der Waals surface area contributed by atoms with Crippen LogP contribution in [0.15, 0.2) is 28.9 Å². The van der Waals surface area contributed by atoms with E-state index in [-0.39, 0.29) is 11.8 Å². The molecule has 2 rings (SSSR count). The largest absolute Gasteiger partial charge is 0.480 e. The van der Waals surface area contributed by atoms with Crippen LogP contribution in [0.25, 0.3) is 10.8 Å². The molecular formula is C8H5FO2. The van der Waals surface area contributed by atoms with Crippen LogP contribution >= 0.6 is 0 Å². The number of hydrogen-bond acceptors (Lipinski definition) is 2. The van der Waals surface area contributed by atoms with Gasteiger partial charge in [-0.1, -0.05) is 0 Å². The van der Waals surface area contributed by atoms with Crippen LogP contribution in [0, 0.1) is 5.82 Å². The summed E-state index contributed by atoms with van der Waals surface area (Å²) in [6, 6.07) is 4.10. The van der Waals surface area contributed by atoms with Gasteiger partial charge in [0.25, 0.3) is 5.95 Å². The lowest BCUT2D eigenvalue weighted by Crippen LogP contribution is -1.70. The summed E-state index contributed by atoms with van der Waals surface area (Å²) in [7, 11) is 0. The molecule has 0 spiro atoms. The second-order valence-corrected chi connectivity index (χ2v) is 2.27. The summed E-state index contributed by atoms with van der Waals surface area (Å²) in [5.74, 6) is -0.617. The Hall–Kier alpha value is -1.51. The Bertz CT molecular complexity index is 392. The minimum Gasteiger partial charge on any atom is -0.480 e. The van der Waals surface area contributed by atoms with Gasteiger partial charge < -0.3 is 9.52 Å². The predicted molar refractivity (Wildman–Crippen MR) is 37.8 cm³/mol. The number of hydrogen-bond donors (Lipinski definition) is 1. The quantitative estimate of drug-likeness (QED) is 0.628. The molecule has 0 saturated carbocycles. The van der Waals surface area contributed by atoms with E-state index in [1.807, 2.05) is 0 Å². The molecule has 0 unspecified atom stereocenters. The average molecular weight is 152 g/mol. The number of rotatable bonds is 0. The van der Waals surface area contributed by atoms with Crippen molar-refractivity contribution < 1.29 is 13.9 Å². The van der Waals surface area contributed by atoms with Crippen LogP contribution in [0.1, 0.15) is 0 Å². The van der Waals surface area contributed by atoms with Crippen molar-refractivity contribution in [2.45, 2.75) is 0 Å². The van der Waals surface area contributed by atoms with E-state index < -0.39 is 0 Å². The van der Waals surface area contributed by atoms with Crippen molar-refractivity contribution in [1.29, 1.82) is 0 Å². The predicted octanol–water partition coefficient (Wildman–Crippen LogP) is 2.28. The van der Waals surface area contributed by atoms with E-state index in [4.69, 9.17) is 5.11 Å². The zero-order valence-electron chi connectivity index (χ0n) is 5.54. The Balaban J connectivity index is 2.87. The maximum Gasteiger partial charge on any atom is 0.290 e. The van der Waals surface area contributed by atoms with Gasteiger partial charge in [-0.2, -0.15) is 0 Å². The van der Waals surface area contributed by atoms with Crippen molar-refractivity contribution in [3.63, 3.8) is 0 Å². The Kier molecular flexibility index (Phi) is 1.12. The summed E-state index contributed by atoms with van der Waals surface area (Å²) in [6.45, 7) is 0. The molecule has 1 heterocycles. The molecule has 1 N–H and O–H groups in total. The molecular weight excluding hydrogens is 147 g/mol. The molecule has 2 aromatic rings. The van der Waals surface area contributed by atoms with E-state index in [1.54, 1.807) is 6.07 Å². The molecule has 1 aromatic carbocycles. The van der Waals surface area contributed by atoms with Crippen molar-refractivity contribution in [2.75, 3.05) is 0 Å². The number of furan rings is 1. The molecule has 0 saturated heterocycles. The van der Waals surface area contributed by atoms with Crippen molar-refractivity contribution in [3.05, 3.63) is 30.3 Å². The molecule has 0 amide bonds. The van der Waals surface area contributed by atoms with E-state index in [0.717, 1.165) is 0 Å². The molecule has 0 aliphatic carbocycles. The fraction of sp³-hybridized carbons (Fsp3) is 0. The minimum absolute atomic E-state index is 0.237. The lowest BCUT2D eigenvalue weighted by Gasteiger charge is -1.87. The standard InChI is InChI=1S/C8H5FO2/c9-6-2-1-5-4-11-8(10)7(5)3-6/h1-4,10H. The zero-order chi connectivity index (χ0) is 7.84. The summed E-state index contributed by atoms with van der Waals surface area (Å²) in [5.41, 5.74) is 0. The first-order chi connectivity index (χ1) is 5.27. The molecule has 1 aromatic heterocycles. The molecule has 0 aliphatic heterocycles. The van der Waals surface area contributed by atoms with Gasteiger partial charge in [0.15, 0.2) is 0 Å². The third-order valence-electron chi connectivity index (χ3n) is 1.54. The van der Waals surface area contributed by atoms with E-state index >= 15 is 0 Å². The molecule has 11 heavy (non-hydrogen) atoms. The Labute approximate surface area is 61.9 Å². The van der Waals surface area contributed by atoms with E-state index in [2.05, 4.69) is 4.42 Å².